The van der Waals surface area contributed by atoms with Crippen molar-refractivity contribution < 1.29 is 8.42 Å². The Kier molecular flexibility index (Phi) is 4.51. The van der Waals surface area contributed by atoms with E-state index in [0.717, 1.165) is 35.2 Å². The summed E-state index contributed by atoms with van der Waals surface area (Å²) in [6.07, 6.45) is 3.23. The third-order valence-corrected chi connectivity index (χ3v) is 7.26. The van der Waals surface area contributed by atoms with E-state index in [2.05, 4.69) is 37.1 Å². The molecule has 0 atom stereocenters. The molecule has 1 aromatic carbocycles. The molecule has 0 spiro atoms. The minimum Gasteiger partial charge on any atom is -0.352 e. The highest BCUT2D eigenvalue weighted by Crippen LogP contribution is 2.25. The molecule has 6 nitrogen and oxygen atoms in total. The lowest BCUT2D eigenvalue weighted by Gasteiger charge is -2.34. The number of nitrogens with zero attached hydrogens (tertiary/aromatic N) is 4. The summed E-state index contributed by atoms with van der Waals surface area (Å²) in [6.45, 7) is 2.17. The minimum atomic E-state index is -3.44. The number of anilines is 1. The van der Waals surface area contributed by atoms with E-state index in [0.29, 0.717) is 31.1 Å². The van der Waals surface area contributed by atoms with Gasteiger partial charge in [0, 0.05) is 30.7 Å². The first-order chi connectivity index (χ1) is 12.0. The predicted octanol–water partition coefficient (Wildman–Crippen LogP) is 2.24. The zero-order valence-corrected chi connectivity index (χ0v) is 16.1. The van der Waals surface area contributed by atoms with Gasteiger partial charge in [0.25, 0.3) is 0 Å². The summed E-state index contributed by atoms with van der Waals surface area (Å²) < 4.78 is 27.9. The molecule has 2 aliphatic rings. The fourth-order valence-corrected chi connectivity index (χ4v) is 5.07. The van der Waals surface area contributed by atoms with Crippen LogP contribution in [0.5, 0.6) is 0 Å². The average Bonchev–Trinajstić information content (AvgIpc) is 3.10. The van der Waals surface area contributed by atoms with Crippen molar-refractivity contribution in [3.8, 4) is 0 Å². The summed E-state index contributed by atoms with van der Waals surface area (Å²) >= 11 is 3.34. The Morgan fingerprint density at radius 3 is 2.40 bits per heavy atom. The van der Waals surface area contributed by atoms with Gasteiger partial charge in [-0.3, -0.25) is 0 Å². The van der Waals surface area contributed by atoms with Gasteiger partial charge in [0.05, 0.1) is 10.6 Å². The second-order valence-corrected chi connectivity index (χ2v) is 9.23. The molecule has 1 saturated heterocycles. The van der Waals surface area contributed by atoms with E-state index >= 15 is 0 Å². The van der Waals surface area contributed by atoms with Gasteiger partial charge in [-0.1, -0.05) is 15.9 Å². The maximum atomic E-state index is 12.8. The molecule has 0 bridgehead atoms. The first-order valence-corrected chi connectivity index (χ1v) is 10.6. The largest absolute Gasteiger partial charge is 0.352 e. The van der Waals surface area contributed by atoms with Crippen LogP contribution >= 0.6 is 15.9 Å². The maximum absolute atomic E-state index is 12.8. The first kappa shape index (κ1) is 16.9. The average molecular weight is 423 g/mol. The van der Waals surface area contributed by atoms with E-state index in [1.807, 2.05) is 0 Å². The van der Waals surface area contributed by atoms with Crippen molar-refractivity contribution >= 4 is 31.8 Å². The van der Waals surface area contributed by atoms with Gasteiger partial charge >= 0.3 is 0 Å². The second-order valence-electron chi connectivity index (χ2n) is 6.37. The van der Waals surface area contributed by atoms with Gasteiger partial charge < -0.3 is 4.90 Å². The normalized spacial score (nSPS) is 18.4. The van der Waals surface area contributed by atoms with Crippen LogP contribution in [0.1, 0.15) is 17.7 Å². The third kappa shape index (κ3) is 3.30. The van der Waals surface area contributed by atoms with Crippen molar-refractivity contribution in [2.24, 2.45) is 0 Å². The Morgan fingerprint density at radius 2 is 1.68 bits per heavy atom. The van der Waals surface area contributed by atoms with Crippen molar-refractivity contribution in [1.82, 2.24) is 14.5 Å². The lowest BCUT2D eigenvalue weighted by molar-refractivity contribution is 0.383. The highest BCUT2D eigenvalue weighted by Gasteiger charge is 2.29. The summed E-state index contributed by atoms with van der Waals surface area (Å²) in [5, 5.41) is 8.66. The molecule has 0 amide bonds. The van der Waals surface area contributed by atoms with Crippen LogP contribution in [0.15, 0.2) is 39.7 Å². The number of piperazine rings is 1. The van der Waals surface area contributed by atoms with Crippen LogP contribution in [0.2, 0.25) is 0 Å². The van der Waals surface area contributed by atoms with Crippen molar-refractivity contribution in [1.29, 1.82) is 0 Å². The van der Waals surface area contributed by atoms with Gasteiger partial charge in [-0.05, 0) is 55.2 Å². The van der Waals surface area contributed by atoms with Crippen molar-refractivity contribution in [3.63, 3.8) is 0 Å². The molecule has 132 valence electrons. The topological polar surface area (TPSA) is 66.4 Å². The Morgan fingerprint density at radius 1 is 0.960 bits per heavy atom. The van der Waals surface area contributed by atoms with Crippen LogP contribution in [0.25, 0.3) is 0 Å². The van der Waals surface area contributed by atoms with Crippen LogP contribution in [-0.2, 0) is 22.9 Å². The van der Waals surface area contributed by atoms with Gasteiger partial charge in [0.2, 0.25) is 10.0 Å². The third-order valence-electron chi connectivity index (χ3n) is 4.82. The van der Waals surface area contributed by atoms with E-state index in [1.54, 1.807) is 28.6 Å². The molecule has 2 heterocycles. The van der Waals surface area contributed by atoms with Crippen LogP contribution in [0, 0.1) is 0 Å². The van der Waals surface area contributed by atoms with Gasteiger partial charge in [-0.15, -0.1) is 5.10 Å². The van der Waals surface area contributed by atoms with Crippen LogP contribution in [0.4, 0.5) is 5.82 Å². The summed E-state index contributed by atoms with van der Waals surface area (Å²) in [7, 11) is -3.44. The number of fused-ring (bicyclic) bond motifs is 1. The van der Waals surface area contributed by atoms with E-state index < -0.39 is 10.0 Å². The van der Waals surface area contributed by atoms with E-state index in [-0.39, 0.29) is 0 Å². The van der Waals surface area contributed by atoms with Crippen molar-refractivity contribution in [2.45, 2.75) is 24.2 Å². The SMILES string of the molecule is O=S(=O)(c1ccc(Br)cc1)N1CCN(c2cc3c(nn2)CCC3)CC1. The minimum absolute atomic E-state index is 0.335. The fourth-order valence-electron chi connectivity index (χ4n) is 3.38. The number of benzene rings is 1. The number of hydrogen-bond donors (Lipinski definition) is 0. The number of rotatable bonds is 3. The number of halogens is 1. The number of hydrogen-bond acceptors (Lipinski definition) is 5. The van der Waals surface area contributed by atoms with Gasteiger partial charge in [-0.25, -0.2) is 8.42 Å². The molecule has 0 N–H and O–H groups in total. The molecular formula is C17H19BrN4O2S. The molecule has 1 aliphatic carbocycles. The van der Waals surface area contributed by atoms with Crippen LogP contribution in [0.3, 0.4) is 0 Å². The quantitative estimate of drug-likeness (QED) is 0.758. The van der Waals surface area contributed by atoms with Gasteiger partial charge in [0.15, 0.2) is 5.82 Å². The molecule has 8 heteroatoms. The molecule has 0 saturated carbocycles. The van der Waals surface area contributed by atoms with Crippen LogP contribution < -0.4 is 4.90 Å². The standard InChI is InChI=1S/C17H19BrN4O2S/c18-14-4-6-15(7-5-14)25(23,24)22-10-8-21(9-11-22)17-12-13-2-1-3-16(13)19-20-17/h4-7,12H,1-3,8-11H2. The fraction of sp³-hybridized carbons (Fsp3) is 0.412. The molecule has 25 heavy (non-hydrogen) atoms. The molecular weight excluding hydrogens is 404 g/mol. The molecule has 2 aromatic rings. The summed E-state index contributed by atoms with van der Waals surface area (Å²) in [4.78, 5) is 2.46. The zero-order valence-electron chi connectivity index (χ0n) is 13.7. The highest BCUT2D eigenvalue weighted by atomic mass is 79.9. The molecule has 1 aliphatic heterocycles. The number of sulfonamides is 1. The Hall–Kier alpha value is -1.51. The van der Waals surface area contributed by atoms with E-state index in [9.17, 15) is 8.42 Å². The van der Waals surface area contributed by atoms with Crippen molar-refractivity contribution in [3.05, 3.63) is 46.1 Å². The number of aromatic nitrogens is 2. The second kappa shape index (κ2) is 6.66. The monoisotopic (exact) mass is 422 g/mol. The molecule has 0 radical (unpaired) electrons. The smallest absolute Gasteiger partial charge is 0.243 e. The lowest BCUT2D eigenvalue weighted by Crippen LogP contribution is -2.49. The predicted molar refractivity (Wildman–Crippen MR) is 99.2 cm³/mol. The molecule has 1 aromatic heterocycles. The Labute approximate surface area is 156 Å². The van der Waals surface area contributed by atoms with Crippen molar-refractivity contribution in [2.75, 3.05) is 31.1 Å². The van der Waals surface area contributed by atoms with Gasteiger partial charge in [0.1, 0.15) is 0 Å². The van der Waals surface area contributed by atoms with Gasteiger partial charge in [-0.2, -0.15) is 9.40 Å². The summed E-state index contributed by atoms with van der Waals surface area (Å²) in [6, 6.07) is 8.90. The zero-order chi connectivity index (χ0) is 17.4. The summed E-state index contributed by atoms with van der Waals surface area (Å²) in [5.41, 5.74) is 2.40. The maximum Gasteiger partial charge on any atom is 0.243 e. The molecule has 4 rings (SSSR count). The Bertz CT molecular complexity index is 878. The van der Waals surface area contributed by atoms with E-state index in [1.165, 1.54) is 5.56 Å². The Balaban J connectivity index is 1.47. The molecule has 1 fully saturated rings. The lowest BCUT2D eigenvalue weighted by atomic mass is 10.2. The molecule has 0 unspecified atom stereocenters. The number of aryl methyl sites for hydroxylation is 2. The summed E-state index contributed by atoms with van der Waals surface area (Å²) in [5.74, 6) is 0.862. The highest BCUT2D eigenvalue weighted by molar-refractivity contribution is 9.10. The van der Waals surface area contributed by atoms with E-state index in [4.69, 9.17) is 0 Å². The first-order valence-electron chi connectivity index (χ1n) is 8.40. The van der Waals surface area contributed by atoms with Crippen LogP contribution in [-0.4, -0.2) is 49.1 Å².